The van der Waals surface area contributed by atoms with Crippen LogP contribution in [-0.4, -0.2) is 23.9 Å². The molecule has 0 radical (unpaired) electrons. The van der Waals surface area contributed by atoms with E-state index in [9.17, 15) is 5.11 Å². The summed E-state index contributed by atoms with van der Waals surface area (Å²) in [6, 6.07) is 6.06. The largest absolute Gasteiger partial charge is 0.493 e. The van der Waals surface area contributed by atoms with Crippen molar-refractivity contribution in [3.63, 3.8) is 0 Å². The van der Waals surface area contributed by atoms with Gasteiger partial charge in [-0.2, -0.15) is 0 Å². The number of hydrogen-bond donors (Lipinski definition) is 2. The standard InChI is InChI=1S/C13H21NO2/c1-10-4-5-12(11(2)8-10)16-7-6-13(3,15)9-14/h4-5,8,15H,6-7,9,14H2,1-3H3. The average molecular weight is 223 g/mol. The van der Waals surface area contributed by atoms with E-state index in [4.69, 9.17) is 10.5 Å². The van der Waals surface area contributed by atoms with Crippen LogP contribution in [0.4, 0.5) is 0 Å². The Balaban J connectivity index is 2.49. The first-order chi connectivity index (χ1) is 7.44. The van der Waals surface area contributed by atoms with Crippen molar-refractivity contribution in [1.29, 1.82) is 0 Å². The highest BCUT2D eigenvalue weighted by atomic mass is 16.5. The molecule has 0 fully saturated rings. The summed E-state index contributed by atoms with van der Waals surface area (Å²) in [4.78, 5) is 0. The van der Waals surface area contributed by atoms with E-state index < -0.39 is 5.60 Å². The molecule has 0 aliphatic carbocycles. The molecular formula is C13H21NO2. The molecule has 3 nitrogen and oxygen atoms in total. The van der Waals surface area contributed by atoms with Gasteiger partial charge < -0.3 is 15.6 Å². The van der Waals surface area contributed by atoms with E-state index in [2.05, 4.69) is 13.0 Å². The lowest BCUT2D eigenvalue weighted by molar-refractivity contribution is 0.0452. The van der Waals surface area contributed by atoms with Gasteiger partial charge in [-0.1, -0.05) is 17.7 Å². The quantitative estimate of drug-likeness (QED) is 0.800. The highest BCUT2D eigenvalue weighted by Crippen LogP contribution is 2.19. The number of rotatable bonds is 5. The number of benzene rings is 1. The fourth-order valence-electron chi connectivity index (χ4n) is 1.44. The van der Waals surface area contributed by atoms with Gasteiger partial charge in [0.2, 0.25) is 0 Å². The van der Waals surface area contributed by atoms with Gasteiger partial charge in [0.1, 0.15) is 5.75 Å². The summed E-state index contributed by atoms with van der Waals surface area (Å²) >= 11 is 0. The van der Waals surface area contributed by atoms with Gasteiger partial charge in [-0.05, 0) is 32.4 Å². The monoisotopic (exact) mass is 223 g/mol. The zero-order chi connectivity index (χ0) is 12.2. The lowest BCUT2D eigenvalue weighted by Crippen LogP contribution is -2.35. The molecule has 1 aromatic carbocycles. The van der Waals surface area contributed by atoms with Crippen LogP contribution in [0.5, 0.6) is 5.75 Å². The summed E-state index contributed by atoms with van der Waals surface area (Å²) in [5, 5.41) is 9.71. The van der Waals surface area contributed by atoms with E-state index in [1.807, 2.05) is 19.1 Å². The van der Waals surface area contributed by atoms with Gasteiger partial charge in [-0.25, -0.2) is 0 Å². The lowest BCUT2D eigenvalue weighted by atomic mass is 10.0. The van der Waals surface area contributed by atoms with Crippen LogP contribution in [0.25, 0.3) is 0 Å². The molecule has 3 heteroatoms. The smallest absolute Gasteiger partial charge is 0.122 e. The minimum absolute atomic E-state index is 0.253. The van der Waals surface area contributed by atoms with Crippen LogP contribution in [0, 0.1) is 13.8 Å². The first kappa shape index (κ1) is 13.0. The van der Waals surface area contributed by atoms with E-state index in [-0.39, 0.29) is 6.54 Å². The molecule has 16 heavy (non-hydrogen) atoms. The second-order valence-electron chi connectivity index (χ2n) is 4.57. The Morgan fingerprint density at radius 2 is 2.06 bits per heavy atom. The van der Waals surface area contributed by atoms with Crippen molar-refractivity contribution in [3.8, 4) is 5.75 Å². The van der Waals surface area contributed by atoms with E-state index in [1.165, 1.54) is 5.56 Å². The molecule has 3 N–H and O–H groups in total. The average Bonchev–Trinajstić information content (AvgIpc) is 2.21. The highest BCUT2D eigenvalue weighted by Gasteiger charge is 2.17. The van der Waals surface area contributed by atoms with Crippen molar-refractivity contribution < 1.29 is 9.84 Å². The minimum Gasteiger partial charge on any atom is -0.493 e. The molecule has 0 aromatic heterocycles. The van der Waals surface area contributed by atoms with Gasteiger partial charge in [-0.3, -0.25) is 0 Å². The van der Waals surface area contributed by atoms with Crippen LogP contribution in [0.1, 0.15) is 24.5 Å². The summed E-state index contributed by atoms with van der Waals surface area (Å²) in [7, 11) is 0. The third-order valence-corrected chi connectivity index (χ3v) is 2.67. The van der Waals surface area contributed by atoms with E-state index in [1.54, 1.807) is 6.92 Å². The molecular weight excluding hydrogens is 202 g/mol. The molecule has 1 atom stereocenters. The van der Waals surface area contributed by atoms with Crippen LogP contribution < -0.4 is 10.5 Å². The van der Waals surface area contributed by atoms with Crippen LogP contribution >= 0.6 is 0 Å². The highest BCUT2D eigenvalue weighted by molar-refractivity contribution is 5.35. The molecule has 0 aliphatic rings. The molecule has 0 saturated heterocycles. The van der Waals surface area contributed by atoms with Crippen molar-refractivity contribution in [2.24, 2.45) is 5.73 Å². The zero-order valence-electron chi connectivity index (χ0n) is 10.3. The normalized spacial score (nSPS) is 14.6. The molecule has 0 bridgehead atoms. The first-order valence-corrected chi connectivity index (χ1v) is 5.57. The van der Waals surface area contributed by atoms with Gasteiger partial charge in [0, 0.05) is 13.0 Å². The maximum Gasteiger partial charge on any atom is 0.122 e. The van der Waals surface area contributed by atoms with E-state index in [0.29, 0.717) is 13.0 Å². The number of aliphatic hydroxyl groups is 1. The predicted octanol–water partition coefficient (Wildman–Crippen LogP) is 1.78. The summed E-state index contributed by atoms with van der Waals surface area (Å²) < 4.78 is 5.61. The third kappa shape index (κ3) is 3.83. The first-order valence-electron chi connectivity index (χ1n) is 5.57. The van der Waals surface area contributed by atoms with E-state index in [0.717, 1.165) is 11.3 Å². The Morgan fingerprint density at radius 1 is 1.38 bits per heavy atom. The fourth-order valence-corrected chi connectivity index (χ4v) is 1.44. The molecule has 1 aromatic rings. The Hall–Kier alpha value is -1.06. The van der Waals surface area contributed by atoms with Gasteiger partial charge in [-0.15, -0.1) is 0 Å². The van der Waals surface area contributed by atoms with Gasteiger partial charge in [0.05, 0.1) is 12.2 Å². The van der Waals surface area contributed by atoms with Crippen LogP contribution in [-0.2, 0) is 0 Å². The van der Waals surface area contributed by atoms with Gasteiger partial charge in [0.15, 0.2) is 0 Å². The van der Waals surface area contributed by atoms with Crippen LogP contribution in [0.2, 0.25) is 0 Å². The van der Waals surface area contributed by atoms with Crippen LogP contribution in [0.15, 0.2) is 18.2 Å². The lowest BCUT2D eigenvalue weighted by Gasteiger charge is -2.21. The maximum atomic E-state index is 9.71. The molecule has 0 heterocycles. The summed E-state index contributed by atoms with van der Waals surface area (Å²) in [6.45, 7) is 6.52. The van der Waals surface area contributed by atoms with Crippen LogP contribution in [0.3, 0.4) is 0 Å². The summed E-state index contributed by atoms with van der Waals surface area (Å²) in [5.41, 5.74) is 6.93. The van der Waals surface area contributed by atoms with Gasteiger partial charge >= 0.3 is 0 Å². The fraction of sp³-hybridized carbons (Fsp3) is 0.538. The second-order valence-corrected chi connectivity index (χ2v) is 4.57. The molecule has 1 rings (SSSR count). The number of aryl methyl sites for hydroxylation is 2. The molecule has 0 amide bonds. The number of ether oxygens (including phenoxy) is 1. The van der Waals surface area contributed by atoms with Crippen molar-refractivity contribution in [1.82, 2.24) is 0 Å². The third-order valence-electron chi connectivity index (χ3n) is 2.67. The minimum atomic E-state index is -0.835. The SMILES string of the molecule is Cc1ccc(OCCC(C)(O)CN)c(C)c1. The Kier molecular flexibility index (Phi) is 4.33. The molecule has 90 valence electrons. The summed E-state index contributed by atoms with van der Waals surface area (Å²) in [6.07, 6.45) is 0.539. The molecule has 0 saturated carbocycles. The second kappa shape index (κ2) is 5.32. The maximum absolute atomic E-state index is 9.71. The Bertz CT molecular complexity index is 348. The Morgan fingerprint density at radius 3 is 2.62 bits per heavy atom. The number of hydrogen-bond acceptors (Lipinski definition) is 3. The zero-order valence-corrected chi connectivity index (χ0v) is 10.3. The van der Waals surface area contributed by atoms with Gasteiger partial charge in [0.25, 0.3) is 0 Å². The van der Waals surface area contributed by atoms with Crippen molar-refractivity contribution in [2.45, 2.75) is 32.8 Å². The summed E-state index contributed by atoms with van der Waals surface area (Å²) in [5.74, 6) is 0.874. The Labute approximate surface area is 97.2 Å². The topological polar surface area (TPSA) is 55.5 Å². The molecule has 1 unspecified atom stereocenters. The molecule has 0 aliphatic heterocycles. The number of nitrogens with two attached hydrogens (primary N) is 1. The molecule has 0 spiro atoms. The van der Waals surface area contributed by atoms with Crippen molar-refractivity contribution >= 4 is 0 Å². The predicted molar refractivity (Wildman–Crippen MR) is 65.7 cm³/mol. The van der Waals surface area contributed by atoms with Crippen molar-refractivity contribution in [2.75, 3.05) is 13.2 Å². The van der Waals surface area contributed by atoms with E-state index >= 15 is 0 Å². The van der Waals surface area contributed by atoms with Crippen molar-refractivity contribution in [3.05, 3.63) is 29.3 Å².